The Labute approximate surface area is 179 Å². The Balaban J connectivity index is 1.63. The van der Waals surface area contributed by atoms with E-state index in [4.69, 9.17) is 14.2 Å². The fourth-order valence-electron chi connectivity index (χ4n) is 3.66. The molecule has 1 amide bonds. The van der Waals surface area contributed by atoms with Crippen LogP contribution in [0.25, 0.3) is 0 Å². The molecule has 2 aromatic rings. The van der Waals surface area contributed by atoms with Crippen molar-refractivity contribution in [1.82, 2.24) is 4.90 Å². The highest BCUT2D eigenvalue weighted by Gasteiger charge is 2.18. The Morgan fingerprint density at radius 2 is 1.57 bits per heavy atom. The SMILES string of the molecule is CCCCCCCCC(=O)N(Cc1ccc(OC)cc1)Cc1ccc2c(c1)OCO2. The van der Waals surface area contributed by atoms with Gasteiger partial charge in [0.25, 0.3) is 0 Å². The Morgan fingerprint density at radius 3 is 2.33 bits per heavy atom. The van der Waals surface area contributed by atoms with Crippen LogP contribution in [0.3, 0.4) is 0 Å². The third kappa shape index (κ3) is 6.41. The topological polar surface area (TPSA) is 48.0 Å². The van der Waals surface area contributed by atoms with Gasteiger partial charge in [-0.05, 0) is 41.8 Å². The highest BCUT2D eigenvalue weighted by atomic mass is 16.7. The molecule has 0 unspecified atom stereocenters. The molecule has 162 valence electrons. The van der Waals surface area contributed by atoms with Crippen molar-refractivity contribution in [3.63, 3.8) is 0 Å². The highest BCUT2D eigenvalue weighted by Crippen LogP contribution is 2.33. The second-order valence-electron chi connectivity index (χ2n) is 7.80. The summed E-state index contributed by atoms with van der Waals surface area (Å²) in [5.41, 5.74) is 2.14. The lowest BCUT2D eigenvalue weighted by molar-refractivity contribution is -0.132. The molecule has 0 atom stereocenters. The molecule has 30 heavy (non-hydrogen) atoms. The maximum Gasteiger partial charge on any atom is 0.231 e. The van der Waals surface area contributed by atoms with E-state index in [2.05, 4.69) is 6.92 Å². The van der Waals surface area contributed by atoms with Crippen LogP contribution in [0.15, 0.2) is 42.5 Å². The van der Waals surface area contributed by atoms with Crippen LogP contribution in [0.1, 0.15) is 63.0 Å². The summed E-state index contributed by atoms with van der Waals surface area (Å²) in [6.45, 7) is 3.60. The normalized spacial score (nSPS) is 12.1. The first-order valence-electron chi connectivity index (χ1n) is 11.0. The number of amides is 1. The number of benzene rings is 2. The van der Waals surface area contributed by atoms with E-state index in [0.29, 0.717) is 19.5 Å². The Hall–Kier alpha value is -2.69. The zero-order chi connectivity index (χ0) is 21.2. The number of hydrogen-bond donors (Lipinski definition) is 0. The zero-order valence-electron chi connectivity index (χ0n) is 18.2. The molecule has 5 heteroatoms. The van der Waals surface area contributed by atoms with E-state index in [0.717, 1.165) is 41.2 Å². The molecule has 0 N–H and O–H groups in total. The lowest BCUT2D eigenvalue weighted by atomic mass is 10.1. The number of nitrogens with zero attached hydrogens (tertiary/aromatic N) is 1. The van der Waals surface area contributed by atoms with Gasteiger partial charge in [0.2, 0.25) is 12.7 Å². The Kier molecular flexibility index (Phi) is 8.42. The van der Waals surface area contributed by atoms with Crippen LogP contribution >= 0.6 is 0 Å². The van der Waals surface area contributed by atoms with Gasteiger partial charge in [-0.25, -0.2) is 0 Å². The maximum atomic E-state index is 13.0. The van der Waals surface area contributed by atoms with Gasteiger partial charge in [-0.15, -0.1) is 0 Å². The third-order valence-corrected chi connectivity index (χ3v) is 5.44. The molecule has 0 bridgehead atoms. The van der Waals surface area contributed by atoms with E-state index >= 15 is 0 Å². The van der Waals surface area contributed by atoms with Crippen LogP contribution in [-0.2, 0) is 17.9 Å². The molecule has 0 aliphatic carbocycles. The van der Waals surface area contributed by atoms with Crippen molar-refractivity contribution in [3.8, 4) is 17.2 Å². The number of carbonyl (C=O) groups is 1. The minimum Gasteiger partial charge on any atom is -0.497 e. The van der Waals surface area contributed by atoms with Gasteiger partial charge in [0.15, 0.2) is 11.5 Å². The van der Waals surface area contributed by atoms with Gasteiger partial charge in [0.05, 0.1) is 7.11 Å². The fourth-order valence-corrected chi connectivity index (χ4v) is 3.66. The monoisotopic (exact) mass is 411 g/mol. The molecule has 1 aliphatic heterocycles. The molecule has 0 saturated carbocycles. The van der Waals surface area contributed by atoms with E-state index in [-0.39, 0.29) is 12.7 Å². The average molecular weight is 412 g/mol. The first-order valence-corrected chi connectivity index (χ1v) is 11.0. The summed E-state index contributed by atoms with van der Waals surface area (Å²) >= 11 is 0. The lowest BCUT2D eigenvalue weighted by Gasteiger charge is -2.23. The lowest BCUT2D eigenvalue weighted by Crippen LogP contribution is -2.29. The summed E-state index contributed by atoms with van der Waals surface area (Å²) in [5, 5.41) is 0. The Morgan fingerprint density at radius 1 is 0.900 bits per heavy atom. The molecule has 1 heterocycles. The van der Waals surface area contributed by atoms with Crippen LogP contribution in [0.2, 0.25) is 0 Å². The second-order valence-corrected chi connectivity index (χ2v) is 7.80. The van der Waals surface area contributed by atoms with E-state index in [9.17, 15) is 4.79 Å². The van der Waals surface area contributed by atoms with Gasteiger partial charge in [0, 0.05) is 19.5 Å². The molecule has 5 nitrogen and oxygen atoms in total. The average Bonchev–Trinajstić information content (AvgIpc) is 3.24. The number of rotatable bonds is 12. The van der Waals surface area contributed by atoms with E-state index in [1.807, 2.05) is 47.4 Å². The van der Waals surface area contributed by atoms with Crippen LogP contribution in [0, 0.1) is 0 Å². The number of hydrogen-bond acceptors (Lipinski definition) is 4. The van der Waals surface area contributed by atoms with Crippen LogP contribution in [0.4, 0.5) is 0 Å². The molecule has 0 fully saturated rings. The zero-order valence-corrected chi connectivity index (χ0v) is 18.2. The molecular weight excluding hydrogens is 378 g/mol. The molecule has 0 saturated heterocycles. The second kappa shape index (κ2) is 11.5. The van der Waals surface area contributed by atoms with Crippen LogP contribution in [-0.4, -0.2) is 24.7 Å². The van der Waals surface area contributed by atoms with Gasteiger partial charge >= 0.3 is 0 Å². The van der Waals surface area contributed by atoms with Gasteiger partial charge in [-0.2, -0.15) is 0 Å². The number of fused-ring (bicyclic) bond motifs is 1. The number of carbonyl (C=O) groups excluding carboxylic acids is 1. The van der Waals surface area contributed by atoms with Crippen molar-refractivity contribution in [1.29, 1.82) is 0 Å². The molecular formula is C25H33NO4. The summed E-state index contributed by atoms with van der Waals surface area (Å²) < 4.78 is 16.1. The minimum absolute atomic E-state index is 0.193. The van der Waals surface area contributed by atoms with Crippen LogP contribution < -0.4 is 14.2 Å². The molecule has 0 aromatic heterocycles. The Bertz CT molecular complexity index is 803. The van der Waals surface area contributed by atoms with Crippen molar-refractivity contribution in [2.45, 2.75) is 65.0 Å². The molecule has 0 radical (unpaired) electrons. The first-order chi connectivity index (χ1) is 14.7. The predicted molar refractivity (Wildman–Crippen MR) is 118 cm³/mol. The van der Waals surface area contributed by atoms with Gasteiger partial charge in [-0.3, -0.25) is 4.79 Å². The largest absolute Gasteiger partial charge is 0.497 e. The smallest absolute Gasteiger partial charge is 0.231 e. The van der Waals surface area contributed by atoms with Gasteiger partial charge in [0.1, 0.15) is 5.75 Å². The van der Waals surface area contributed by atoms with E-state index in [1.165, 1.54) is 25.7 Å². The van der Waals surface area contributed by atoms with Crippen molar-refractivity contribution in [2.75, 3.05) is 13.9 Å². The number of methoxy groups -OCH3 is 1. The standard InChI is InChI=1S/C25H33NO4/c1-3-4-5-6-7-8-9-25(27)26(17-20-10-13-22(28-2)14-11-20)18-21-12-15-23-24(16-21)30-19-29-23/h10-16H,3-9,17-19H2,1-2H3. The third-order valence-electron chi connectivity index (χ3n) is 5.44. The summed E-state index contributed by atoms with van der Waals surface area (Å²) in [4.78, 5) is 15.0. The molecule has 0 spiro atoms. The summed E-state index contributed by atoms with van der Waals surface area (Å²) in [6, 6.07) is 13.8. The van der Waals surface area contributed by atoms with Crippen LogP contribution in [0.5, 0.6) is 17.2 Å². The molecule has 3 rings (SSSR count). The first kappa shape index (κ1) is 22.0. The number of ether oxygens (including phenoxy) is 3. The minimum atomic E-state index is 0.193. The number of unbranched alkanes of at least 4 members (excludes halogenated alkanes) is 5. The molecule has 1 aliphatic rings. The van der Waals surface area contributed by atoms with Gasteiger partial charge < -0.3 is 19.1 Å². The van der Waals surface area contributed by atoms with Crippen molar-refractivity contribution in [2.24, 2.45) is 0 Å². The quantitative estimate of drug-likeness (QED) is 0.420. The highest BCUT2D eigenvalue weighted by molar-refractivity contribution is 5.76. The molecule has 2 aromatic carbocycles. The fraction of sp³-hybridized carbons (Fsp3) is 0.480. The summed E-state index contributed by atoms with van der Waals surface area (Å²) in [5.74, 6) is 2.53. The van der Waals surface area contributed by atoms with Crippen molar-refractivity contribution in [3.05, 3.63) is 53.6 Å². The summed E-state index contributed by atoms with van der Waals surface area (Å²) in [6.07, 6.45) is 7.65. The van der Waals surface area contributed by atoms with Crippen molar-refractivity contribution < 1.29 is 19.0 Å². The van der Waals surface area contributed by atoms with Gasteiger partial charge in [-0.1, -0.05) is 57.2 Å². The van der Waals surface area contributed by atoms with Crippen molar-refractivity contribution >= 4 is 5.91 Å². The van der Waals surface area contributed by atoms with E-state index in [1.54, 1.807) is 7.11 Å². The maximum absolute atomic E-state index is 13.0. The summed E-state index contributed by atoms with van der Waals surface area (Å²) in [7, 11) is 1.66. The van der Waals surface area contributed by atoms with E-state index < -0.39 is 0 Å². The predicted octanol–water partition coefficient (Wildman–Crippen LogP) is 5.70.